The Morgan fingerprint density at radius 1 is 1.18 bits per heavy atom. The van der Waals surface area contributed by atoms with Crippen LogP contribution in [0.4, 0.5) is 11.5 Å². The van der Waals surface area contributed by atoms with Gasteiger partial charge in [-0.15, -0.1) is 0 Å². The quantitative estimate of drug-likeness (QED) is 0.184. The summed E-state index contributed by atoms with van der Waals surface area (Å²) in [6.45, 7) is 8.88. The van der Waals surface area contributed by atoms with E-state index in [2.05, 4.69) is 40.6 Å². The molecule has 0 bridgehead atoms. The van der Waals surface area contributed by atoms with Crippen LogP contribution in [0, 0.1) is 5.41 Å². The van der Waals surface area contributed by atoms with Crippen molar-refractivity contribution in [3.05, 3.63) is 24.4 Å². The molecule has 0 unspecified atom stereocenters. The number of phenolic OH excluding ortho intramolecular Hbond substituents is 2. The van der Waals surface area contributed by atoms with E-state index < -0.39 is 0 Å². The van der Waals surface area contributed by atoms with Gasteiger partial charge in [0.2, 0.25) is 0 Å². The Bertz CT molecular complexity index is 996. The SMILES string of the molecule is CC(C)(C)CNCCn1c(Sc2cc(O)c(O)cc2N)nc2c(N)nccc21. The van der Waals surface area contributed by atoms with E-state index in [1.54, 1.807) is 6.20 Å². The summed E-state index contributed by atoms with van der Waals surface area (Å²) in [5.41, 5.74) is 14.1. The molecule has 0 amide bonds. The minimum atomic E-state index is -0.254. The van der Waals surface area contributed by atoms with Gasteiger partial charge in [-0.2, -0.15) is 0 Å². The van der Waals surface area contributed by atoms with E-state index >= 15 is 0 Å². The van der Waals surface area contributed by atoms with Crippen LogP contribution in [-0.2, 0) is 6.54 Å². The van der Waals surface area contributed by atoms with Crippen LogP contribution in [0.25, 0.3) is 11.0 Å². The lowest BCUT2D eigenvalue weighted by molar-refractivity contribution is 0.375. The van der Waals surface area contributed by atoms with Gasteiger partial charge in [-0.05, 0) is 29.3 Å². The number of nitrogen functional groups attached to an aromatic ring is 2. The minimum absolute atomic E-state index is 0.195. The molecule has 28 heavy (non-hydrogen) atoms. The average molecular weight is 403 g/mol. The van der Waals surface area contributed by atoms with Gasteiger partial charge in [0.1, 0.15) is 5.52 Å². The van der Waals surface area contributed by atoms with Crippen molar-refractivity contribution in [2.75, 3.05) is 24.6 Å². The Morgan fingerprint density at radius 2 is 1.89 bits per heavy atom. The summed E-state index contributed by atoms with van der Waals surface area (Å²) in [4.78, 5) is 9.36. The Balaban J connectivity index is 1.92. The fraction of sp³-hybridized carbons (Fsp3) is 0.368. The molecule has 0 fully saturated rings. The zero-order valence-corrected chi connectivity index (χ0v) is 17.0. The van der Waals surface area contributed by atoms with Crippen molar-refractivity contribution in [3.63, 3.8) is 0 Å². The minimum Gasteiger partial charge on any atom is -0.504 e. The summed E-state index contributed by atoms with van der Waals surface area (Å²) >= 11 is 1.31. The Morgan fingerprint density at radius 3 is 2.61 bits per heavy atom. The van der Waals surface area contributed by atoms with Crippen LogP contribution in [0.3, 0.4) is 0 Å². The molecule has 0 radical (unpaired) electrons. The molecule has 1 aromatic carbocycles. The first-order valence-corrected chi connectivity index (χ1v) is 9.78. The molecule has 8 nitrogen and oxygen atoms in total. The zero-order valence-electron chi connectivity index (χ0n) is 16.2. The third-order valence-corrected chi connectivity index (χ3v) is 5.20. The number of nitrogens with zero attached hydrogens (tertiary/aromatic N) is 3. The molecule has 2 heterocycles. The number of nitrogens with two attached hydrogens (primary N) is 2. The maximum atomic E-state index is 9.82. The molecule has 0 aliphatic rings. The van der Waals surface area contributed by atoms with Crippen LogP contribution in [0.2, 0.25) is 0 Å². The van der Waals surface area contributed by atoms with Crippen molar-refractivity contribution in [1.29, 1.82) is 0 Å². The summed E-state index contributed by atoms with van der Waals surface area (Å²) in [7, 11) is 0. The molecule has 9 heteroatoms. The molecule has 0 saturated heterocycles. The Kier molecular flexibility index (Phi) is 5.57. The number of nitrogens with one attached hydrogen (secondary N) is 1. The number of pyridine rings is 1. The van der Waals surface area contributed by atoms with E-state index in [1.165, 1.54) is 23.9 Å². The first-order valence-electron chi connectivity index (χ1n) is 8.96. The lowest BCUT2D eigenvalue weighted by Crippen LogP contribution is -2.29. The van der Waals surface area contributed by atoms with Gasteiger partial charge < -0.3 is 31.6 Å². The molecule has 0 saturated carbocycles. The molecule has 0 spiro atoms. The lowest BCUT2D eigenvalue weighted by atomic mass is 9.97. The van der Waals surface area contributed by atoms with Gasteiger partial charge in [0, 0.05) is 42.5 Å². The van der Waals surface area contributed by atoms with Crippen LogP contribution >= 0.6 is 11.8 Å². The molecule has 0 atom stereocenters. The van der Waals surface area contributed by atoms with Gasteiger partial charge in [-0.3, -0.25) is 0 Å². The maximum Gasteiger partial charge on any atom is 0.174 e. The topological polar surface area (TPSA) is 135 Å². The smallest absolute Gasteiger partial charge is 0.174 e. The first kappa shape index (κ1) is 20.1. The van der Waals surface area contributed by atoms with E-state index in [1.807, 2.05) is 6.07 Å². The number of hydrogen-bond donors (Lipinski definition) is 5. The van der Waals surface area contributed by atoms with Crippen molar-refractivity contribution < 1.29 is 10.2 Å². The number of imidazole rings is 1. The van der Waals surface area contributed by atoms with Crippen LogP contribution in [-0.4, -0.2) is 37.8 Å². The van der Waals surface area contributed by atoms with Gasteiger partial charge in [0.05, 0.1) is 5.52 Å². The largest absolute Gasteiger partial charge is 0.504 e. The van der Waals surface area contributed by atoms with Gasteiger partial charge in [0.25, 0.3) is 0 Å². The van der Waals surface area contributed by atoms with Crippen LogP contribution in [0.1, 0.15) is 20.8 Å². The molecule has 3 aromatic rings. The number of anilines is 2. The number of hydrogen-bond acceptors (Lipinski definition) is 8. The fourth-order valence-electron chi connectivity index (χ4n) is 2.76. The number of phenols is 2. The number of fused-ring (bicyclic) bond motifs is 1. The molecule has 0 aliphatic carbocycles. The number of aromatic nitrogens is 3. The second kappa shape index (κ2) is 7.76. The highest BCUT2D eigenvalue weighted by Gasteiger charge is 2.17. The van der Waals surface area contributed by atoms with Crippen LogP contribution in [0.15, 0.2) is 34.4 Å². The Hall–Kier alpha value is -2.65. The monoisotopic (exact) mass is 402 g/mol. The fourth-order valence-corrected chi connectivity index (χ4v) is 3.74. The molecule has 3 rings (SSSR count). The zero-order chi connectivity index (χ0) is 20.5. The third-order valence-electron chi connectivity index (χ3n) is 4.14. The van der Waals surface area contributed by atoms with Crippen molar-refractivity contribution >= 4 is 34.3 Å². The van der Waals surface area contributed by atoms with E-state index in [0.717, 1.165) is 18.6 Å². The van der Waals surface area contributed by atoms with Crippen molar-refractivity contribution in [2.24, 2.45) is 5.41 Å². The second-order valence-electron chi connectivity index (χ2n) is 7.83. The molecule has 150 valence electrons. The summed E-state index contributed by atoms with van der Waals surface area (Å²) in [5, 5.41) is 23.6. The average Bonchev–Trinajstić information content (AvgIpc) is 2.95. The van der Waals surface area contributed by atoms with Gasteiger partial charge in [-0.25, -0.2) is 9.97 Å². The first-order chi connectivity index (χ1) is 13.2. The normalized spacial score (nSPS) is 12.0. The molecule has 2 aromatic heterocycles. The van der Waals surface area contributed by atoms with Crippen LogP contribution in [0.5, 0.6) is 11.5 Å². The summed E-state index contributed by atoms with van der Waals surface area (Å²) in [6, 6.07) is 4.63. The predicted molar refractivity (Wildman–Crippen MR) is 113 cm³/mol. The van der Waals surface area contributed by atoms with Gasteiger partial charge >= 0.3 is 0 Å². The molecule has 0 aliphatic heterocycles. The highest BCUT2D eigenvalue weighted by Crippen LogP contribution is 2.39. The predicted octanol–water partition coefficient (Wildman–Crippen LogP) is 2.79. The summed E-state index contributed by atoms with van der Waals surface area (Å²) in [6.07, 6.45) is 1.66. The van der Waals surface area contributed by atoms with Gasteiger partial charge in [0.15, 0.2) is 22.5 Å². The maximum absolute atomic E-state index is 9.82. The van der Waals surface area contributed by atoms with E-state index in [-0.39, 0.29) is 16.9 Å². The third kappa shape index (κ3) is 4.42. The number of benzene rings is 1. The van der Waals surface area contributed by atoms with E-state index in [0.29, 0.717) is 33.6 Å². The Labute approximate surface area is 168 Å². The molecule has 7 N–H and O–H groups in total. The van der Waals surface area contributed by atoms with E-state index in [4.69, 9.17) is 11.5 Å². The summed E-state index contributed by atoms with van der Waals surface area (Å²) in [5.74, 6) is -0.121. The summed E-state index contributed by atoms with van der Waals surface area (Å²) < 4.78 is 2.05. The molecular formula is C19H26N6O2S. The number of aromatic hydroxyl groups is 2. The standard InChI is InChI=1S/C19H26N6O2S/c1-19(2,3)10-22-6-7-25-12-4-5-23-17(21)16(12)24-18(25)28-15-9-14(27)13(26)8-11(15)20/h4-5,8-9,22,26-27H,6-7,10,20H2,1-3H3,(H2,21,23). The van der Waals surface area contributed by atoms with Gasteiger partial charge in [-0.1, -0.05) is 20.8 Å². The van der Waals surface area contributed by atoms with Crippen molar-refractivity contribution in [2.45, 2.75) is 37.4 Å². The van der Waals surface area contributed by atoms with E-state index in [9.17, 15) is 10.2 Å². The van der Waals surface area contributed by atoms with Crippen molar-refractivity contribution in [3.8, 4) is 11.5 Å². The molecular weight excluding hydrogens is 376 g/mol. The second-order valence-corrected chi connectivity index (χ2v) is 8.84. The highest BCUT2D eigenvalue weighted by atomic mass is 32.2. The highest BCUT2D eigenvalue weighted by molar-refractivity contribution is 7.99. The lowest BCUT2D eigenvalue weighted by Gasteiger charge is -2.19. The number of rotatable bonds is 6. The van der Waals surface area contributed by atoms with Crippen LogP contribution < -0.4 is 16.8 Å². The van der Waals surface area contributed by atoms with Crippen molar-refractivity contribution in [1.82, 2.24) is 19.9 Å².